The third-order valence-electron chi connectivity index (χ3n) is 5.30. The predicted octanol–water partition coefficient (Wildman–Crippen LogP) is -1.17. The first-order valence-corrected chi connectivity index (χ1v) is 11.2. The van der Waals surface area contributed by atoms with Crippen LogP contribution in [-0.2, 0) is 16.0 Å². The van der Waals surface area contributed by atoms with Gasteiger partial charge < -0.3 is 42.8 Å². The van der Waals surface area contributed by atoms with E-state index in [-0.39, 0.29) is 37.2 Å². The number of nitrogens with one attached hydrogen (secondary N) is 2. The van der Waals surface area contributed by atoms with Gasteiger partial charge in [0.15, 0.2) is 12.3 Å². The van der Waals surface area contributed by atoms with Crippen molar-refractivity contribution in [2.45, 2.75) is 19.3 Å². The lowest BCUT2D eigenvalue weighted by Gasteiger charge is -2.08. The molecule has 0 fully saturated rings. The first-order valence-electron chi connectivity index (χ1n) is 11.2. The Hall–Kier alpha value is -3.56. The summed E-state index contributed by atoms with van der Waals surface area (Å²) in [7, 11) is 3.23. The van der Waals surface area contributed by atoms with E-state index in [1.807, 2.05) is 48.5 Å². The van der Waals surface area contributed by atoms with Crippen molar-refractivity contribution in [2.75, 3.05) is 33.9 Å². The molecule has 0 aliphatic rings. The molecule has 2 amide bonds. The van der Waals surface area contributed by atoms with Crippen LogP contribution in [-0.4, -0.2) is 50.8 Å². The summed E-state index contributed by atoms with van der Waals surface area (Å²) >= 11 is 0. The molecule has 0 saturated heterocycles. The van der Waals surface area contributed by atoms with Gasteiger partial charge in [0.1, 0.15) is 17.2 Å². The summed E-state index contributed by atoms with van der Waals surface area (Å²) in [6.07, 6.45) is 1.58. The largest absolute Gasteiger partial charge is 1.00 e. The first kappa shape index (κ1) is 27.7. The summed E-state index contributed by atoms with van der Waals surface area (Å²) in [6, 6.07) is 15.1. The fourth-order valence-electron chi connectivity index (χ4n) is 3.45. The Bertz CT molecular complexity index is 1080. The van der Waals surface area contributed by atoms with Crippen LogP contribution in [0.5, 0.6) is 11.5 Å². The van der Waals surface area contributed by atoms with Crippen molar-refractivity contribution in [2.24, 2.45) is 0 Å². The number of unbranched alkanes of at least 4 members (excludes halogenated alkanes) is 1. The minimum atomic E-state index is -0.158. The van der Waals surface area contributed by atoms with E-state index in [9.17, 15) is 9.59 Å². The fourth-order valence-corrected chi connectivity index (χ4v) is 3.45. The molecule has 5 N–H and O–H groups in total. The molecule has 0 atom stereocenters. The third kappa shape index (κ3) is 7.73. The number of aromatic nitrogens is 1. The number of methoxy groups -OCH3 is 2. The van der Waals surface area contributed by atoms with E-state index in [0.29, 0.717) is 24.5 Å². The molecule has 1 heterocycles. The highest BCUT2D eigenvalue weighted by atomic mass is 35.5. The van der Waals surface area contributed by atoms with Crippen molar-refractivity contribution < 1.29 is 41.7 Å². The Balaban J connectivity index is 0.00000432. The van der Waals surface area contributed by atoms with Gasteiger partial charge in [0.25, 0.3) is 5.91 Å². The number of nitrogens with zero attached hydrogens (tertiary/aromatic N) is 1. The van der Waals surface area contributed by atoms with Gasteiger partial charge in [0.2, 0.25) is 5.91 Å². The molecule has 35 heavy (non-hydrogen) atoms. The lowest BCUT2D eigenvalue weighted by atomic mass is 9.98. The Morgan fingerprint density at radius 3 is 1.89 bits per heavy atom. The van der Waals surface area contributed by atoms with Gasteiger partial charge >= 0.3 is 0 Å². The van der Waals surface area contributed by atoms with E-state index in [1.54, 1.807) is 14.2 Å². The molecule has 0 saturated carbocycles. The number of carbonyl (C=O) groups excluding carboxylic acids is 2. The number of ether oxygens (including phenoxy) is 2. The van der Waals surface area contributed by atoms with Crippen molar-refractivity contribution in [1.29, 1.82) is 0 Å². The zero-order valence-corrected chi connectivity index (χ0v) is 20.7. The van der Waals surface area contributed by atoms with Crippen molar-refractivity contribution >= 4 is 11.8 Å². The van der Waals surface area contributed by atoms with Crippen molar-refractivity contribution in [3.05, 3.63) is 54.3 Å². The molecular formula is C25H31ClN4O5. The quantitative estimate of drug-likeness (QED) is 0.267. The zero-order valence-electron chi connectivity index (χ0n) is 19.9. The smallest absolute Gasteiger partial charge is 0.275 e. The molecule has 0 spiro atoms. The fraction of sp³-hybridized carbons (Fsp3) is 0.320. The van der Waals surface area contributed by atoms with Crippen molar-refractivity contribution in [1.82, 2.24) is 15.8 Å². The minimum absolute atomic E-state index is 0. The summed E-state index contributed by atoms with van der Waals surface area (Å²) in [4.78, 5) is 23.8. The molecule has 0 radical (unpaired) electrons. The Labute approximate surface area is 210 Å². The lowest BCUT2D eigenvalue weighted by Crippen LogP contribution is -3.00. The zero-order chi connectivity index (χ0) is 24.3. The highest BCUT2D eigenvalue weighted by Crippen LogP contribution is 2.36. The van der Waals surface area contributed by atoms with E-state index in [4.69, 9.17) is 14.0 Å². The van der Waals surface area contributed by atoms with Crippen molar-refractivity contribution in [3.8, 4) is 33.9 Å². The number of hydrogen-bond acceptors (Lipinski definition) is 6. The molecule has 10 heteroatoms. The Morgan fingerprint density at radius 2 is 1.37 bits per heavy atom. The maximum atomic E-state index is 12.6. The minimum Gasteiger partial charge on any atom is -1.00 e. The van der Waals surface area contributed by atoms with Crippen LogP contribution in [0.15, 0.2) is 53.1 Å². The average Bonchev–Trinajstić information content (AvgIpc) is 3.29. The summed E-state index contributed by atoms with van der Waals surface area (Å²) in [5, 5.41) is 9.96. The molecule has 1 aromatic heterocycles. The SMILES string of the molecule is COc1ccc(-c2noc(CC(=O)NCCCCNC(=O)C[NH3+])c2-c2ccc(OC)cc2)cc1.[Cl-]. The van der Waals surface area contributed by atoms with Crippen molar-refractivity contribution in [3.63, 3.8) is 0 Å². The number of carbonyl (C=O) groups is 2. The molecule has 0 aliphatic carbocycles. The van der Waals surface area contributed by atoms with Crippen LogP contribution >= 0.6 is 0 Å². The number of amides is 2. The lowest BCUT2D eigenvalue weighted by molar-refractivity contribution is -0.355. The summed E-state index contributed by atoms with van der Waals surface area (Å²) < 4.78 is 16.2. The first-order chi connectivity index (χ1) is 16.5. The monoisotopic (exact) mass is 502 g/mol. The van der Waals surface area contributed by atoms with Gasteiger partial charge in [-0.1, -0.05) is 17.3 Å². The molecule has 0 aliphatic heterocycles. The molecular weight excluding hydrogens is 472 g/mol. The van der Waals surface area contributed by atoms with Gasteiger partial charge in [-0.3, -0.25) is 9.59 Å². The molecule has 2 aromatic carbocycles. The topological polar surface area (TPSA) is 130 Å². The van der Waals surface area contributed by atoms with Crippen LogP contribution in [0.2, 0.25) is 0 Å². The number of rotatable bonds is 12. The Morgan fingerprint density at radius 1 is 0.857 bits per heavy atom. The second-order valence-electron chi connectivity index (χ2n) is 7.62. The molecule has 3 aromatic rings. The molecule has 9 nitrogen and oxygen atoms in total. The average molecular weight is 503 g/mol. The summed E-state index contributed by atoms with van der Waals surface area (Å²) in [5.74, 6) is 1.72. The van der Waals surface area contributed by atoms with Gasteiger partial charge in [-0.2, -0.15) is 0 Å². The molecule has 3 rings (SSSR count). The number of halogens is 1. The van der Waals surface area contributed by atoms with E-state index in [1.165, 1.54) is 0 Å². The predicted molar refractivity (Wildman–Crippen MR) is 127 cm³/mol. The third-order valence-corrected chi connectivity index (χ3v) is 5.30. The second kappa shape index (κ2) is 14.0. The van der Waals surface area contributed by atoms with Crippen LogP contribution in [0.25, 0.3) is 22.4 Å². The van der Waals surface area contributed by atoms with E-state index in [0.717, 1.165) is 41.0 Å². The van der Waals surface area contributed by atoms with Crippen LogP contribution in [0.4, 0.5) is 0 Å². The van der Waals surface area contributed by atoms with Crippen LogP contribution in [0.3, 0.4) is 0 Å². The summed E-state index contributed by atoms with van der Waals surface area (Å²) in [5.41, 5.74) is 6.67. The molecule has 0 unspecified atom stereocenters. The molecule has 188 valence electrons. The number of hydrogen-bond donors (Lipinski definition) is 3. The van der Waals surface area contributed by atoms with Gasteiger partial charge in [0, 0.05) is 18.7 Å². The van der Waals surface area contributed by atoms with Crippen LogP contribution in [0, 0.1) is 0 Å². The highest BCUT2D eigenvalue weighted by Gasteiger charge is 2.21. The second-order valence-corrected chi connectivity index (χ2v) is 7.62. The van der Waals surface area contributed by atoms with Gasteiger partial charge in [-0.15, -0.1) is 0 Å². The van der Waals surface area contributed by atoms with E-state index < -0.39 is 0 Å². The van der Waals surface area contributed by atoms with E-state index in [2.05, 4.69) is 21.5 Å². The maximum Gasteiger partial charge on any atom is 0.275 e. The normalized spacial score (nSPS) is 10.3. The van der Waals surface area contributed by atoms with Gasteiger partial charge in [0.05, 0.1) is 26.2 Å². The summed E-state index contributed by atoms with van der Waals surface area (Å²) in [6.45, 7) is 1.30. The maximum absolute atomic E-state index is 12.6. The van der Waals surface area contributed by atoms with E-state index >= 15 is 0 Å². The number of quaternary nitrogens is 1. The number of benzene rings is 2. The molecule has 0 bridgehead atoms. The highest BCUT2D eigenvalue weighted by molar-refractivity contribution is 5.86. The van der Waals surface area contributed by atoms with Gasteiger partial charge in [-0.25, -0.2) is 0 Å². The standard InChI is InChI=1S/C25H30N4O5.ClH/c1-32-19-9-5-17(6-10-19)24-21(15-22(30)27-13-3-4-14-28-23(31)16-26)34-29-25(24)18-7-11-20(33-2)12-8-18;/h5-12H,3-4,13-16,26H2,1-2H3,(H,27,30)(H,28,31);1H. The Kier molecular flexibility index (Phi) is 11.1. The van der Waals surface area contributed by atoms with Crippen LogP contribution in [0.1, 0.15) is 18.6 Å². The van der Waals surface area contributed by atoms with Gasteiger partial charge in [-0.05, 0) is 54.8 Å². The van der Waals surface area contributed by atoms with Crippen LogP contribution < -0.4 is 38.2 Å².